The van der Waals surface area contributed by atoms with Crippen molar-refractivity contribution in [3.05, 3.63) is 23.8 Å². The number of benzene rings is 1. The van der Waals surface area contributed by atoms with E-state index >= 15 is 0 Å². The predicted octanol–water partition coefficient (Wildman–Crippen LogP) is 0.831. The van der Waals surface area contributed by atoms with Gasteiger partial charge in [-0.2, -0.15) is 0 Å². The molecule has 0 fully saturated rings. The van der Waals surface area contributed by atoms with Gasteiger partial charge < -0.3 is 25.7 Å². The zero-order valence-electron chi connectivity index (χ0n) is 13.2. The number of esters is 2. The van der Waals surface area contributed by atoms with Gasteiger partial charge in [-0.25, -0.2) is 4.79 Å². The van der Waals surface area contributed by atoms with E-state index in [9.17, 15) is 9.59 Å². The van der Waals surface area contributed by atoms with Crippen molar-refractivity contribution >= 4 is 17.9 Å². The van der Waals surface area contributed by atoms with Crippen molar-refractivity contribution in [3.8, 4) is 11.5 Å². The SMILES string of the molecule is COc1cc(C(=O)OCCCCN=C(N)N)ccc1OC(C)=O. The molecule has 0 atom stereocenters. The third-order valence-corrected chi connectivity index (χ3v) is 2.73. The summed E-state index contributed by atoms with van der Waals surface area (Å²) in [6.07, 6.45) is 1.35. The van der Waals surface area contributed by atoms with Crippen LogP contribution in [0.25, 0.3) is 0 Å². The van der Waals surface area contributed by atoms with Gasteiger partial charge in [0.15, 0.2) is 17.5 Å². The minimum atomic E-state index is -0.487. The average Bonchev–Trinajstić information content (AvgIpc) is 2.50. The van der Waals surface area contributed by atoms with E-state index in [0.717, 1.165) is 0 Å². The van der Waals surface area contributed by atoms with Gasteiger partial charge >= 0.3 is 11.9 Å². The molecule has 126 valence electrons. The van der Waals surface area contributed by atoms with Gasteiger partial charge in [-0.3, -0.25) is 9.79 Å². The van der Waals surface area contributed by atoms with Crippen molar-refractivity contribution in [2.24, 2.45) is 16.5 Å². The molecule has 8 heteroatoms. The number of carbonyl (C=O) groups is 2. The zero-order chi connectivity index (χ0) is 17.2. The van der Waals surface area contributed by atoms with E-state index in [1.54, 1.807) is 0 Å². The van der Waals surface area contributed by atoms with E-state index < -0.39 is 11.9 Å². The third kappa shape index (κ3) is 6.68. The molecule has 1 rings (SSSR count). The van der Waals surface area contributed by atoms with Gasteiger partial charge in [-0.15, -0.1) is 0 Å². The van der Waals surface area contributed by atoms with Crippen LogP contribution in [0.5, 0.6) is 11.5 Å². The number of carbonyl (C=O) groups excluding carboxylic acids is 2. The number of methoxy groups -OCH3 is 1. The van der Waals surface area contributed by atoms with E-state index in [1.807, 2.05) is 0 Å². The molecule has 1 aromatic carbocycles. The van der Waals surface area contributed by atoms with Gasteiger partial charge in [0.05, 0.1) is 19.3 Å². The topological polar surface area (TPSA) is 126 Å². The fraction of sp³-hybridized carbons (Fsp3) is 0.400. The van der Waals surface area contributed by atoms with E-state index in [-0.39, 0.29) is 24.1 Å². The summed E-state index contributed by atoms with van der Waals surface area (Å²) in [6.45, 7) is 2.03. The Hall–Kier alpha value is -2.77. The monoisotopic (exact) mass is 323 g/mol. The van der Waals surface area contributed by atoms with Gasteiger partial charge in [0.2, 0.25) is 0 Å². The van der Waals surface area contributed by atoms with Crippen LogP contribution in [0.15, 0.2) is 23.2 Å². The summed E-state index contributed by atoms with van der Waals surface area (Å²) >= 11 is 0. The Morgan fingerprint density at radius 2 is 1.91 bits per heavy atom. The number of guanidine groups is 1. The lowest BCUT2D eigenvalue weighted by atomic mass is 10.2. The molecular formula is C15H21N3O5. The number of hydrogen-bond acceptors (Lipinski definition) is 6. The average molecular weight is 323 g/mol. The number of unbranched alkanes of at least 4 members (excludes halogenated alkanes) is 1. The maximum atomic E-state index is 11.9. The first-order chi connectivity index (χ1) is 10.9. The molecular weight excluding hydrogens is 302 g/mol. The molecule has 0 bridgehead atoms. The van der Waals surface area contributed by atoms with Crippen LogP contribution in [0.3, 0.4) is 0 Å². The number of ether oxygens (including phenoxy) is 3. The van der Waals surface area contributed by atoms with Crippen molar-refractivity contribution in [2.75, 3.05) is 20.3 Å². The molecule has 0 spiro atoms. The number of nitrogens with two attached hydrogens (primary N) is 2. The second kappa shape index (κ2) is 9.29. The molecule has 0 aliphatic carbocycles. The van der Waals surface area contributed by atoms with Gasteiger partial charge in [-0.05, 0) is 31.0 Å². The summed E-state index contributed by atoms with van der Waals surface area (Å²) < 4.78 is 15.2. The first-order valence-electron chi connectivity index (χ1n) is 7.03. The summed E-state index contributed by atoms with van der Waals surface area (Å²) in [5, 5.41) is 0. The van der Waals surface area contributed by atoms with Crippen LogP contribution in [0.1, 0.15) is 30.1 Å². The third-order valence-electron chi connectivity index (χ3n) is 2.73. The summed E-state index contributed by atoms with van der Waals surface area (Å²) in [5.41, 5.74) is 10.7. The molecule has 4 N–H and O–H groups in total. The van der Waals surface area contributed by atoms with Crippen molar-refractivity contribution in [2.45, 2.75) is 19.8 Å². The first-order valence-corrected chi connectivity index (χ1v) is 7.03. The van der Waals surface area contributed by atoms with E-state index in [4.69, 9.17) is 25.7 Å². The summed E-state index contributed by atoms with van der Waals surface area (Å²) in [7, 11) is 1.42. The minimum Gasteiger partial charge on any atom is -0.493 e. The second-order valence-electron chi connectivity index (χ2n) is 4.61. The maximum absolute atomic E-state index is 11.9. The van der Waals surface area contributed by atoms with Crippen molar-refractivity contribution < 1.29 is 23.8 Å². The predicted molar refractivity (Wildman–Crippen MR) is 84.5 cm³/mol. The molecule has 0 saturated carbocycles. The van der Waals surface area contributed by atoms with Crippen LogP contribution < -0.4 is 20.9 Å². The van der Waals surface area contributed by atoms with Crippen LogP contribution in [0, 0.1) is 0 Å². The second-order valence-corrected chi connectivity index (χ2v) is 4.61. The lowest BCUT2D eigenvalue weighted by Gasteiger charge is -2.10. The highest BCUT2D eigenvalue weighted by Gasteiger charge is 2.13. The van der Waals surface area contributed by atoms with Crippen molar-refractivity contribution in [1.29, 1.82) is 0 Å². The fourth-order valence-electron chi connectivity index (χ4n) is 1.70. The summed E-state index contributed by atoms with van der Waals surface area (Å²) in [6, 6.07) is 4.44. The highest BCUT2D eigenvalue weighted by Crippen LogP contribution is 2.28. The Morgan fingerprint density at radius 3 is 2.52 bits per heavy atom. The van der Waals surface area contributed by atoms with Crippen LogP contribution in [-0.4, -0.2) is 38.2 Å². The molecule has 0 saturated heterocycles. The Kier molecular flexibility index (Phi) is 7.38. The van der Waals surface area contributed by atoms with Crippen LogP contribution >= 0.6 is 0 Å². The molecule has 0 aliphatic heterocycles. The van der Waals surface area contributed by atoms with Crippen LogP contribution in [-0.2, 0) is 9.53 Å². The molecule has 0 aliphatic rings. The van der Waals surface area contributed by atoms with E-state index in [1.165, 1.54) is 32.2 Å². The van der Waals surface area contributed by atoms with Crippen LogP contribution in [0.4, 0.5) is 0 Å². The Morgan fingerprint density at radius 1 is 1.17 bits per heavy atom. The fourth-order valence-corrected chi connectivity index (χ4v) is 1.70. The van der Waals surface area contributed by atoms with Crippen molar-refractivity contribution in [1.82, 2.24) is 0 Å². The Balaban J connectivity index is 2.53. The quantitative estimate of drug-likeness (QED) is 0.238. The van der Waals surface area contributed by atoms with Gasteiger partial charge in [0, 0.05) is 13.5 Å². The highest BCUT2D eigenvalue weighted by molar-refractivity contribution is 5.90. The molecule has 0 radical (unpaired) electrons. The number of aliphatic imine (C=N–C) groups is 1. The van der Waals surface area contributed by atoms with Crippen LogP contribution in [0.2, 0.25) is 0 Å². The minimum absolute atomic E-state index is 0.0435. The van der Waals surface area contributed by atoms with E-state index in [2.05, 4.69) is 4.99 Å². The molecule has 8 nitrogen and oxygen atoms in total. The molecule has 0 heterocycles. The number of hydrogen-bond donors (Lipinski definition) is 2. The van der Waals surface area contributed by atoms with Crippen molar-refractivity contribution in [3.63, 3.8) is 0 Å². The smallest absolute Gasteiger partial charge is 0.338 e. The highest BCUT2D eigenvalue weighted by atomic mass is 16.6. The zero-order valence-corrected chi connectivity index (χ0v) is 13.2. The summed E-state index contributed by atoms with van der Waals surface area (Å²) in [4.78, 5) is 26.7. The van der Waals surface area contributed by atoms with Gasteiger partial charge in [0.1, 0.15) is 0 Å². The Labute approximate surface area is 134 Å². The lowest BCUT2D eigenvalue weighted by molar-refractivity contribution is -0.132. The number of rotatable bonds is 8. The lowest BCUT2D eigenvalue weighted by Crippen LogP contribution is -2.23. The summed E-state index contributed by atoms with van der Waals surface area (Å²) in [5.74, 6) is -0.392. The largest absolute Gasteiger partial charge is 0.493 e. The molecule has 0 aromatic heterocycles. The van der Waals surface area contributed by atoms with Gasteiger partial charge in [-0.1, -0.05) is 0 Å². The standard InChI is InChI=1S/C15H21N3O5/c1-10(19)23-12-6-5-11(9-13(12)21-2)14(20)22-8-4-3-7-18-15(16)17/h5-6,9H,3-4,7-8H2,1-2H3,(H4,16,17,18). The Bertz CT molecular complexity index is 582. The molecule has 0 unspecified atom stereocenters. The molecule has 1 aromatic rings. The number of nitrogens with zero attached hydrogens (tertiary/aromatic N) is 1. The molecule has 23 heavy (non-hydrogen) atoms. The van der Waals surface area contributed by atoms with E-state index in [0.29, 0.717) is 24.9 Å². The molecule has 0 amide bonds. The van der Waals surface area contributed by atoms with Gasteiger partial charge in [0.25, 0.3) is 0 Å². The normalized spacial score (nSPS) is 9.83. The first kappa shape index (κ1) is 18.3. The maximum Gasteiger partial charge on any atom is 0.338 e.